The van der Waals surface area contributed by atoms with Crippen molar-refractivity contribution in [1.29, 1.82) is 0 Å². The summed E-state index contributed by atoms with van der Waals surface area (Å²) in [6.07, 6.45) is 0. The van der Waals surface area contributed by atoms with Gasteiger partial charge in [-0.05, 0) is 30.3 Å². The SMILES string of the molecule is O=C(O)c1ccc(Br)cc1Sc1nc2ccccc2[nH]1. The number of carboxylic acids is 1. The number of hydrogen-bond acceptors (Lipinski definition) is 3. The third-order valence-corrected chi connectivity index (χ3v) is 4.19. The van der Waals surface area contributed by atoms with E-state index in [2.05, 4.69) is 25.9 Å². The highest BCUT2D eigenvalue weighted by atomic mass is 79.9. The molecule has 0 fully saturated rings. The number of nitrogens with one attached hydrogen (secondary N) is 1. The van der Waals surface area contributed by atoms with Crippen molar-refractivity contribution in [3.05, 3.63) is 52.5 Å². The number of nitrogens with zero attached hydrogens (tertiary/aromatic N) is 1. The van der Waals surface area contributed by atoms with Crippen LogP contribution in [0, 0.1) is 0 Å². The Labute approximate surface area is 127 Å². The molecule has 0 atom stereocenters. The lowest BCUT2D eigenvalue weighted by molar-refractivity contribution is 0.0693. The minimum Gasteiger partial charge on any atom is -0.478 e. The van der Waals surface area contributed by atoms with Crippen LogP contribution in [0.3, 0.4) is 0 Å². The molecule has 0 aliphatic heterocycles. The standard InChI is InChI=1S/C14H9BrN2O2S/c15-8-5-6-9(13(18)19)12(7-8)20-14-16-10-3-1-2-4-11(10)17-14/h1-7H,(H,16,17)(H,18,19). The summed E-state index contributed by atoms with van der Waals surface area (Å²) < 4.78 is 0.834. The van der Waals surface area contributed by atoms with Crippen molar-refractivity contribution in [2.24, 2.45) is 0 Å². The van der Waals surface area contributed by atoms with Crippen LogP contribution < -0.4 is 0 Å². The van der Waals surface area contributed by atoms with Gasteiger partial charge in [0.05, 0.1) is 16.6 Å². The van der Waals surface area contributed by atoms with E-state index in [4.69, 9.17) is 0 Å². The van der Waals surface area contributed by atoms with Crippen molar-refractivity contribution < 1.29 is 9.90 Å². The highest BCUT2D eigenvalue weighted by molar-refractivity contribution is 9.10. The first-order valence-corrected chi connectivity index (χ1v) is 7.40. The second-order valence-electron chi connectivity index (χ2n) is 4.11. The van der Waals surface area contributed by atoms with Crippen molar-refractivity contribution in [1.82, 2.24) is 9.97 Å². The number of imidazole rings is 1. The average molecular weight is 349 g/mol. The van der Waals surface area contributed by atoms with E-state index < -0.39 is 5.97 Å². The van der Waals surface area contributed by atoms with Crippen molar-refractivity contribution in [2.45, 2.75) is 10.1 Å². The molecule has 2 aromatic carbocycles. The fraction of sp³-hybridized carbons (Fsp3) is 0. The highest BCUT2D eigenvalue weighted by Crippen LogP contribution is 2.32. The largest absolute Gasteiger partial charge is 0.478 e. The zero-order valence-electron chi connectivity index (χ0n) is 10.1. The molecule has 3 rings (SSSR count). The Hall–Kier alpha value is -1.79. The Morgan fingerprint density at radius 1 is 1.25 bits per heavy atom. The molecule has 0 spiro atoms. The van der Waals surface area contributed by atoms with E-state index in [0.29, 0.717) is 10.1 Å². The molecule has 1 heterocycles. The van der Waals surface area contributed by atoms with Crippen LogP contribution in [0.25, 0.3) is 11.0 Å². The average Bonchev–Trinajstić information content (AvgIpc) is 2.80. The Bertz CT molecular complexity index is 768. The van der Waals surface area contributed by atoms with Crippen LogP contribution in [0.15, 0.2) is 57.0 Å². The zero-order chi connectivity index (χ0) is 14.1. The smallest absolute Gasteiger partial charge is 0.336 e. The first-order chi connectivity index (χ1) is 9.63. The highest BCUT2D eigenvalue weighted by Gasteiger charge is 2.13. The first-order valence-electron chi connectivity index (χ1n) is 5.79. The van der Waals surface area contributed by atoms with E-state index in [0.717, 1.165) is 15.5 Å². The molecular formula is C14H9BrN2O2S. The lowest BCUT2D eigenvalue weighted by Gasteiger charge is -2.04. The monoisotopic (exact) mass is 348 g/mol. The van der Waals surface area contributed by atoms with Gasteiger partial charge in [-0.2, -0.15) is 0 Å². The number of fused-ring (bicyclic) bond motifs is 1. The maximum Gasteiger partial charge on any atom is 0.336 e. The molecule has 0 bridgehead atoms. The molecule has 0 saturated heterocycles. The number of para-hydroxylation sites is 2. The zero-order valence-corrected chi connectivity index (χ0v) is 12.5. The number of aromatic amines is 1. The Morgan fingerprint density at radius 2 is 2.05 bits per heavy atom. The number of hydrogen-bond donors (Lipinski definition) is 2. The van der Waals surface area contributed by atoms with E-state index in [1.165, 1.54) is 11.8 Å². The number of rotatable bonds is 3. The second-order valence-corrected chi connectivity index (χ2v) is 6.05. The van der Waals surface area contributed by atoms with E-state index >= 15 is 0 Å². The second kappa shape index (κ2) is 5.30. The Balaban J connectivity index is 2.01. The summed E-state index contributed by atoms with van der Waals surface area (Å²) in [7, 11) is 0. The molecule has 100 valence electrons. The van der Waals surface area contributed by atoms with Crippen LogP contribution in [-0.2, 0) is 0 Å². The topological polar surface area (TPSA) is 66.0 Å². The van der Waals surface area contributed by atoms with Crippen LogP contribution in [-0.4, -0.2) is 21.0 Å². The molecule has 20 heavy (non-hydrogen) atoms. The molecular weight excluding hydrogens is 340 g/mol. The number of halogens is 1. The summed E-state index contributed by atoms with van der Waals surface area (Å²) in [5.74, 6) is -0.948. The van der Waals surface area contributed by atoms with Gasteiger partial charge in [-0.3, -0.25) is 0 Å². The molecule has 2 N–H and O–H groups in total. The fourth-order valence-electron chi connectivity index (χ4n) is 1.84. The lowest BCUT2D eigenvalue weighted by atomic mass is 10.2. The van der Waals surface area contributed by atoms with Gasteiger partial charge in [0, 0.05) is 9.37 Å². The van der Waals surface area contributed by atoms with Gasteiger partial charge in [-0.15, -0.1) is 0 Å². The van der Waals surface area contributed by atoms with Crippen molar-refractivity contribution >= 4 is 44.7 Å². The number of carboxylic acid groups (broad SMARTS) is 1. The van der Waals surface area contributed by atoms with Crippen LogP contribution in [0.4, 0.5) is 0 Å². The van der Waals surface area contributed by atoms with Crippen LogP contribution in [0.1, 0.15) is 10.4 Å². The van der Waals surface area contributed by atoms with Gasteiger partial charge in [0.1, 0.15) is 0 Å². The van der Waals surface area contributed by atoms with Gasteiger partial charge in [-0.1, -0.05) is 39.8 Å². The fourth-order valence-corrected chi connectivity index (χ4v) is 3.32. The summed E-state index contributed by atoms with van der Waals surface area (Å²) in [6.45, 7) is 0. The number of benzene rings is 2. The molecule has 0 aliphatic rings. The number of aromatic nitrogens is 2. The van der Waals surface area contributed by atoms with Crippen LogP contribution >= 0.6 is 27.7 Å². The number of H-pyrrole nitrogens is 1. The molecule has 0 amide bonds. The predicted octanol–water partition coefficient (Wildman–Crippen LogP) is 4.17. The van der Waals surface area contributed by atoms with Gasteiger partial charge >= 0.3 is 5.97 Å². The molecule has 3 aromatic rings. The van der Waals surface area contributed by atoms with Crippen LogP contribution in [0.5, 0.6) is 0 Å². The van der Waals surface area contributed by atoms with Gasteiger partial charge < -0.3 is 10.1 Å². The molecule has 4 nitrogen and oxygen atoms in total. The quantitative estimate of drug-likeness (QED) is 0.745. The third kappa shape index (κ3) is 2.57. The molecule has 1 aromatic heterocycles. The van der Waals surface area contributed by atoms with Crippen molar-refractivity contribution in [2.75, 3.05) is 0 Å². The normalized spacial score (nSPS) is 10.8. The predicted molar refractivity (Wildman–Crippen MR) is 81.3 cm³/mol. The molecule has 0 saturated carbocycles. The summed E-state index contributed by atoms with van der Waals surface area (Å²) >= 11 is 4.66. The van der Waals surface area contributed by atoms with E-state index in [-0.39, 0.29) is 5.56 Å². The van der Waals surface area contributed by atoms with E-state index in [1.807, 2.05) is 24.3 Å². The van der Waals surface area contributed by atoms with Gasteiger partial charge in [-0.25, -0.2) is 9.78 Å². The first kappa shape index (κ1) is 13.2. The van der Waals surface area contributed by atoms with Crippen LogP contribution in [0.2, 0.25) is 0 Å². The maximum atomic E-state index is 11.2. The number of aromatic carboxylic acids is 1. The third-order valence-electron chi connectivity index (χ3n) is 2.75. The Morgan fingerprint density at radius 3 is 2.80 bits per heavy atom. The molecule has 0 aliphatic carbocycles. The van der Waals surface area contributed by atoms with Gasteiger partial charge in [0.15, 0.2) is 5.16 Å². The summed E-state index contributed by atoms with van der Waals surface area (Å²) in [5.41, 5.74) is 2.06. The van der Waals surface area contributed by atoms with Crippen molar-refractivity contribution in [3.8, 4) is 0 Å². The Kier molecular flexibility index (Phi) is 3.50. The summed E-state index contributed by atoms with van der Waals surface area (Å²) in [5, 5.41) is 9.89. The van der Waals surface area contributed by atoms with E-state index in [1.54, 1.807) is 18.2 Å². The van der Waals surface area contributed by atoms with E-state index in [9.17, 15) is 9.90 Å². The van der Waals surface area contributed by atoms with Gasteiger partial charge in [0.25, 0.3) is 0 Å². The summed E-state index contributed by atoms with van der Waals surface area (Å²) in [4.78, 5) is 19.5. The van der Waals surface area contributed by atoms with Crippen molar-refractivity contribution in [3.63, 3.8) is 0 Å². The molecule has 6 heteroatoms. The molecule has 0 unspecified atom stereocenters. The summed E-state index contributed by atoms with van der Waals surface area (Å²) in [6, 6.07) is 12.8. The number of carbonyl (C=O) groups is 1. The minimum absolute atomic E-state index is 0.263. The van der Waals surface area contributed by atoms with Gasteiger partial charge in [0.2, 0.25) is 0 Å². The minimum atomic E-state index is -0.948. The maximum absolute atomic E-state index is 11.2. The lowest BCUT2D eigenvalue weighted by Crippen LogP contribution is -1.98. The molecule has 0 radical (unpaired) electrons.